The highest BCUT2D eigenvalue weighted by molar-refractivity contribution is 7.55. The van der Waals surface area contributed by atoms with Gasteiger partial charge >= 0.3 is 0 Å². The topological polar surface area (TPSA) is 98.4 Å². The second-order valence-electron chi connectivity index (χ2n) is 4.89. The van der Waals surface area contributed by atoms with E-state index in [4.69, 9.17) is 5.50 Å². The van der Waals surface area contributed by atoms with Crippen molar-refractivity contribution < 1.29 is 14.6 Å². The van der Waals surface area contributed by atoms with E-state index in [2.05, 4.69) is 5.09 Å². The molecule has 0 saturated heterocycles. The van der Waals surface area contributed by atoms with Crippen molar-refractivity contribution in [3.05, 3.63) is 59.7 Å². The van der Waals surface area contributed by atoms with Gasteiger partial charge in [-0.05, 0) is 48.6 Å². The minimum Gasteiger partial charge on any atom is -0.772 e. The molecule has 0 heterocycles. The van der Waals surface area contributed by atoms with Gasteiger partial charge in [0.15, 0.2) is 7.67 Å². The number of hydrogen-bond acceptors (Lipinski definition) is 3. The van der Waals surface area contributed by atoms with Crippen molar-refractivity contribution in [1.29, 1.82) is 0 Å². The molecular formula is C15H18N2O3P-. The molecule has 5 nitrogen and oxygen atoms in total. The van der Waals surface area contributed by atoms with E-state index in [-0.39, 0.29) is 5.75 Å². The van der Waals surface area contributed by atoms with Gasteiger partial charge in [-0.25, -0.2) is 0 Å². The number of benzene rings is 2. The molecule has 21 heavy (non-hydrogen) atoms. The highest BCUT2D eigenvalue weighted by Crippen LogP contribution is 2.31. The second-order valence-corrected chi connectivity index (χ2v) is 6.31. The molecule has 0 aliphatic rings. The zero-order chi connectivity index (χ0) is 15.3. The van der Waals surface area contributed by atoms with Crippen LogP contribution in [0.25, 0.3) is 0 Å². The molecule has 0 fully saturated rings. The fourth-order valence-corrected chi connectivity index (χ4v) is 2.75. The zero-order valence-corrected chi connectivity index (χ0v) is 12.4. The molecule has 0 amide bonds. The predicted molar refractivity (Wildman–Crippen MR) is 82.0 cm³/mol. The van der Waals surface area contributed by atoms with Gasteiger partial charge in [0.05, 0.1) is 0 Å². The summed E-state index contributed by atoms with van der Waals surface area (Å²) in [5.74, 6) is 0.105. The van der Waals surface area contributed by atoms with Crippen LogP contribution in [0.15, 0.2) is 48.5 Å². The molecule has 0 radical (unpaired) electrons. The van der Waals surface area contributed by atoms with Gasteiger partial charge in [-0.1, -0.05) is 30.3 Å². The van der Waals surface area contributed by atoms with Crippen LogP contribution in [-0.4, -0.2) is 5.11 Å². The van der Waals surface area contributed by atoms with E-state index in [9.17, 15) is 14.6 Å². The number of aromatic hydroxyl groups is 1. The van der Waals surface area contributed by atoms with E-state index in [0.717, 1.165) is 18.4 Å². The Morgan fingerprint density at radius 2 is 1.86 bits per heavy atom. The molecule has 1 atom stereocenters. The summed E-state index contributed by atoms with van der Waals surface area (Å²) in [4.78, 5) is 11.2. The summed E-state index contributed by atoms with van der Waals surface area (Å²) in [5, 5.41) is 11.8. The third kappa shape index (κ3) is 5.23. The molecule has 0 bridgehead atoms. The Balaban J connectivity index is 2.04. The van der Waals surface area contributed by atoms with E-state index in [0.29, 0.717) is 12.1 Å². The van der Waals surface area contributed by atoms with E-state index >= 15 is 0 Å². The average Bonchev–Trinajstić information content (AvgIpc) is 2.42. The van der Waals surface area contributed by atoms with Gasteiger partial charge in [0.1, 0.15) is 5.75 Å². The Bertz CT molecular complexity index is 641. The molecule has 1 unspecified atom stereocenters. The SMILES string of the molecule is NP(=O)([O-])Nc1ccc(O)cc1CCCc1ccccc1. The number of aryl methyl sites for hydroxylation is 2. The van der Waals surface area contributed by atoms with Crippen LogP contribution < -0.4 is 15.5 Å². The molecule has 0 saturated carbocycles. The van der Waals surface area contributed by atoms with Gasteiger partial charge in [0.2, 0.25) is 0 Å². The average molecular weight is 305 g/mol. The maximum atomic E-state index is 11.2. The lowest BCUT2D eigenvalue weighted by atomic mass is 10.0. The lowest BCUT2D eigenvalue weighted by molar-refractivity contribution is -0.173. The van der Waals surface area contributed by atoms with Gasteiger partial charge in [-0.2, -0.15) is 0 Å². The van der Waals surface area contributed by atoms with E-state index in [1.54, 1.807) is 6.07 Å². The fraction of sp³-hybridized carbons (Fsp3) is 0.200. The van der Waals surface area contributed by atoms with Crippen LogP contribution in [0.1, 0.15) is 17.5 Å². The number of phenols is 1. The third-order valence-corrected chi connectivity index (χ3v) is 3.67. The van der Waals surface area contributed by atoms with Crippen molar-refractivity contribution in [1.82, 2.24) is 0 Å². The predicted octanol–water partition coefficient (Wildman–Crippen LogP) is 2.41. The van der Waals surface area contributed by atoms with Crippen molar-refractivity contribution in [2.24, 2.45) is 5.50 Å². The summed E-state index contributed by atoms with van der Waals surface area (Å²) < 4.78 is 11.2. The van der Waals surface area contributed by atoms with Crippen molar-refractivity contribution >= 4 is 13.4 Å². The lowest BCUT2D eigenvalue weighted by Gasteiger charge is -2.22. The van der Waals surface area contributed by atoms with Crippen LogP contribution in [0.4, 0.5) is 5.69 Å². The van der Waals surface area contributed by atoms with Crippen LogP contribution in [0, 0.1) is 0 Å². The van der Waals surface area contributed by atoms with E-state index in [1.807, 2.05) is 30.3 Å². The Morgan fingerprint density at radius 3 is 2.52 bits per heavy atom. The maximum Gasteiger partial charge on any atom is 0.165 e. The van der Waals surface area contributed by atoms with Crippen LogP contribution in [-0.2, 0) is 17.4 Å². The Morgan fingerprint density at radius 1 is 1.14 bits per heavy atom. The first kappa shape index (κ1) is 15.6. The molecule has 0 aliphatic carbocycles. The largest absolute Gasteiger partial charge is 0.772 e. The zero-order valence-electron chi connectivity index (χ0n) is 11.5. The van der Waals surface area contributed by atoms with Crippen molar-refractivity contribution in [3.8, 4) is 5.75 Å². The number of hydrogen-bond donors (Lipinski definition) is 3. The van der Waals surface area contributed by atoms with Crippen molar-refractivity contribution in [2.45, 2.75) is 19.3 Å². The molecule has 2 aromatic rings. The van der Waals surface area contributed by atoms with Gasteiger partial charge in [0, 0.05) is 5.69 Å². The molecule has 2 rings (SSSR count). The normalized spacial score (nSPS) is 13.6. The van der Waals surface area contributed by atoms with Crippen molar-refractivity contribution in [3.63, 3.8) is 0 Å². The molecule has 0 aromatic heterocycles. The monoisotopic (exact) mass is 305 g/mol. The van der Waals surface area contributed by atoms with Gasteiger partial charge in [-0.3, -0.25) is 10.1 Å². The minimum atomic E-state index is -4.10. The summed E-state index contributed by atoms with van der Waals surface area (Å²) in [6, 6.07) is 14.5. The van der Waals surface area contributed by atoms with Crippen LogP contribution >= 0.6 is 7.67 Å². The van der Waals surface area contributed by atoms with Crippen LogP contribution in [0.5, 0.6) is 5.75 Å². The Hall–Kier alpha value is -1.81. The van der Waals surface area contributed by atoms with Crippen LogP contribution in [0.3, 0.4) is 0 Å². The molecule has 4 N–H and O–H groups in total. The highest BCUT2D eigenvalue weighted by atomic mass is 31.2. The first-order valence-electron chi connectivity index (χ1n) is 6.68. The van der Waals surface area contributed by atoms with E-state index in [1.165, 1.54) is 17.7 Å². The third-order valence-electron chi connectivity index (χ3n) is 3.12. The molecule has 0 aliphatic heterocycles. The quantitative estimate of drug-likeness (QED) is 0.562. The van der Waals surface area contributed by atoms with Gasteiger partial charge in [-0.15, -0.1) is 0 Å². The molecular weight excluding hydrogens is 287 g/mol. The first-order valence-corrected chi connectivity index (χ1v) is 8.37. The number of anilines is 1. The Labute approximate surface area is 124 Å². The molecule has 6 heteroatoms. The van der Waals surface area contributed by atoms with Gasteiger partial charge in [0.25, 0.3) is 0 Å². The fourth-order valence-electron chi connectivity index (χ4n) is 2.19. The standard InChI is InChI=1S/C15H19N2O3P/c16-21(19,20)17-15-10-9-14(18)11-13(15)8-4-7-12-5-2-1-3-6-12/h1-3,5-6,9-11,18H,4,7-8H2,(H4,16,17,19,20)/p-1. The van der Waals surface area contributed by atoms with Gasteiger partial charge < -0.3 is 15.1 Å². The number of nitrogens with one attached hydrogen (secondary N) is 1. The summed E-state index contributed by atoms with van der Waals surface area (Å²) in [6.45, 7) is 0. The number of nitrogens with two attached hydrogens (primary N) is 1. The number of phenolic OH excluding ortho intramolecular Hbond substituents is 1. The smallest absolute Gasteiger partial charge is 0.165 e. The summed E-state index contributed by atoms with van der Waals surface area (Å²) in [6.07, 6.45) is 2.37. The highest BCUT2D eigenvalue weighted by Gasteiger charge is 2.07. The summed E-state index contributed by atoms with van der Waals surface area (Å²) in [5.41, 5.74) is 7.39. The number of rotatable bonds is 6. The lowest BCUT2D eigenvalue weighted by Crippen LogP contribution is -2.17. The summed E-state index contributed by atoms with van der Waals surface area (Å²) >= 11 is 0. The first-order chi connectivity index (χ1) is 9.94. The molecule has 0 spiro atoms. The second kappa shape index (κ2) is 6.76. The maximum absolute atomic E-state index is 11.2. The molecule has 112 valence electrons. The van der Waals surface area contributed by atoms with Crippen molar-refractivity contribution in [2.75, 3.05) is 5.09 Å². The van der Waals surface area contributed by atoms with E-state index < -0.39 is 7.67 Å². The molecule has 2 aromatic carbocycles. The van der Waals surface area contributed by atoms with Crippen LogP contribution in [0.2, 0.25) is 0 Å². The Kier molecular flexibility index (Phi) is 5.02. The minimum absolute atomic E-state index is 0.105. The summed E-state index contributed by atoms with van der Waals surface area (Å²) in [7, 11) is -4.10.